The standard InChI is InChI=1S/C12H12B6Br2S/c13-3-1-2-4(14)10(20)6(16)8(18)12(2)21-11(1)7(17)5(15)9(3)19/h13-18H2. The summed E-state index contributed by atoms with van der Waals surface area (Å²) >= 11 is 9.53. The van der Waals surface area contributed by atoms with Crippen molar-refractivity contribution in [2.45, 2.75) is 0 Å². The molecule has 0 fully saturated rings. The normalized spacial score (nSPS) is 11.5. The zero-order valence-corrected chi connectivity index (χ0v) is 17.2. The second kappa shape index (κ2) is 5.28. The molecule has 0 amide bonds. The lowest BCUT2D eigenvalue weighted by Gasteiger charge is -2.13. The van der Waals surface area contributed by atoms with E-state index >= 15 is 0 Å². The van der Waals surface area contributed by atoms with Gasteiger partial charge in [0, 0.05) is 18.3 Å². The Labute approximate surface area is 151 Å². The van der Waals surface area contributed by atoms with Gasteiger partial charge in [-0.2, -0.15) is 0 Å². The van der Waals surface area contributed by atoms with E-state index in [1.54, 1.807) is 0 Å². The van der Waals surface area contributed by atoms with E-state index in [4.69, 9.17) is 0 Å². The van der Waals surface area contributed by atoms with E-state index in [1.165, 1.54) is 61.9 Å². The van der Waals surface area contributed by atoms with Crippen LogP contribution in [0.1, 0.15) is 0 Å². The second-order valence-electron chi connectivity index (χ2n) is 5.89. The first-order valence-electron chi connectivity index (χ1n) is 7.04. The molecule has 0 radical (unpaired) electrons. The molecule has 1 heterocycles. The average Bonchev–Trinajstić information content (AvgIpc) is 2.87. The highest BCUT2D eigenvalue weighted by atomic mass is 79.9. The fourth-order valence-corrected chi connectivity index (χ4v) is 5.65. The van der Waals surface area contributed by atoms with Crippen molar-refractivity contribution >= 4 is 143 Å². The van der Waals surface area contributed by atoms with E-state index in [0.29, 0.717) is 0 Å². The summed E-state index contributed by atoms with van der Waals surface area (Å²) in [6.45, 7) is 0. The van der Waals surface area contributed by atoms with E-state index in [2.05, 4.69) is 78.9 Å². The minimum atomic E-state index is 1.25. The van der Waals surface area contributed by atoms with Gasteiger partial charge in [-0.1, -0.05) is 64.6 Å². The Balaban J connectivity index is 2.73. The summed E-state index contributed by atoms with van der Waals surface area (Å²) in [5, 5.41) is 2.84. The van der Waals surface area contributed by atoms with Gasteiger partial charge in [0.1, 0.15) is 47.1 Å². The predicted molar refractivity (Wildman–Crippen MR) is 124 cm³/mol. The van der Waals surface area contributed by atoms with Crippen molar-refractivity contribution in [2.75, 3.05) is 0 Å². The minimum Gasteiger partial charge on any atom is -0.136 e. The maximum absolute atomic E-state index is 3.79. The Kier molecular flexibility index (Phi) is 3.99. The van der Waals surface area contributed by atoms with Crippen LogP contribution in [0.25, 0.3) is 20.2 Å². The molecule has 0 N–H and O–H groups in total. The van der Waals surface area contributed by atoms with Crippen LogP contribution < -0.4 is 32.8 Å². The molecule has 0 atom stereocenters. The highest BCUT2D eigenvalue weighted by Crippen LogP contribution is 2.30. The minimum absolute atomic E-state index is 1.25. The van der Waals surface area contributed by atoms with Gasteiger partial charge < -0.3 is 0 Å². The largest absolute Gasteiger partial charge is 0.141 e. The first kappa shape index (κ1) is 15.9. The average molecular weight is 413 g/mol. The van der Waals surface area contributed by atoms with Crippen LogP contribution in [0.3, 0.4) is 0 Å². The lowest BCUT2D eigenvalue weighted by Crippen LogP contribution is -2.34. The van der Waals surface area contributed by atoms with Crippen LogP contribution in [-0.4, -0.2) is 47.1 Å². The van der Waals surface area contributed by atoms with Crippen molar-refractivity contribution in [1.29, 1.82) is 0 Å². The van der Waals surface area contributed by atoms with Crippen LogP contribution in [0.5, 0.6) is 0 Å². The number of hydrogen-bond acceptors (Lipinski definition) is 1. The summed E-state index contributed by atoms with van der Waals surface area (Å²) in [4.78, 5) is 0. The maximum atomic E-state index is 3.79. The number of benzene rings is 2. The Morgan fingerprint density at radius 3 is 1.19 bits per heavy atom. The summed E-state index contributed by atoms with van der Waals surface area (Å²) in [6, 6.07) is 0. The number of fused-ring (bicyclic) bond motifs is 3. The van der Waals surface area contributed by atoms with Gasteiger partial charge in [-0.25, -0.2) is 0 Å². The third kappa shape index (κ3) is 2.07. The van der Waals surface area contributed by atoms with Crippen molar-refractivity contribution in [3.63, 3.8) is 0 Å². The highest BCUT2D eigenvalue weighted by molar-refractivity contribution is 9.11. The molecule has 0 nitrogen and oxygen atoms in total. The van der Waals surface area contributed by atoms with Crippen LogP contribution in [0.15, 0.2) is 8.95 Å². The molecule has 0 saturated heterocycles. The van der Waals surface area contributed by atoms with Crippen molar-refractivity contribution in [2.24, 2.45) is 0 Å². The van der Waals surface area contributed by atoms with Crippen LogP contribution in [0.2, 0.25) is 0 Å². The van der Waals surface area contributed by atoms with E-state index in [9.17, 15) is 0 Å². The monoisotopic (exact) mass is 412 g/mol. The molecule has 1 aromatic heterocycles. The summed E-state index contributed by atoms with van der Waals surface area (Å²) in [7, 11) is 13.4. The van der Waals surface area contributed by atoms with Gasteiger partial charge in [0.05, 0.1) is 0 Å². The molecule has 0 saturated carbocycles. The van der Waals surface area contributed by atoms with Crippen LogP contribution >= 0.6 is 43.2 Å². The number of rotatable bonds is 0. The fourth-order valence-electron chi connectivity index (χ4n) is 3.13. The third-order valence-corrected chi connectivity index (χ3v) is 8.59. The summed E-state index contributed by atoms with van der Waals surface area (Å²) in [5.41, 5.74) is 8.23. The molecular weight excluding hydrogens is 401 g/mol. The summed E-state index contributed by atoms with van der Waals surface area (Å²) < 4.78 is 5.38. The van der Waals surface area contributed by atoms with E-state index in [-0.39, 0.29) is 0 Å². The molecule has 3 rings (SSSR count). The van der Waals surface area contributed by atoms with E-state index < -0.39 is 0 Å². The molecule has 3 aromatic rings. The van der Waals surface area contributed by atoms with Crippen LogP contribution in [-0.2, 0) is 0 Å². The first-order chi connectivity index (χ1) is 9.77. The van der Waals surface area contributed by atoms with Crippen molar-refractivity contribution < 1.29 is 0 Å². The highest BCUT2D eigenvalue weighted by Gasteiger charge is 2.19. The van der Waals surface area contributed by atoms with Gasteiger partial charge in [0.15, 0.2) is 0 Å². The zero-order valence-electron chi connectivity index (χ0n) is 13.2. The number of halogens is 2. The molecule has 98 valence electrons. The second-order valence-corrected chi connectivity index (χ2v) is 8.49. The smallest absolute Gasteiger partial charge is 0.136 e. The Morgan fingerprint density at radius 2 is 0.857 bits per heavy atom. The van der Waals surface area contributed by atoms with Gasteiger partial charge >= 0.3 is 0 Å². The van der Waals surface area contributed by atoms with Crippen molar-refractivity contribution in [3.05, 3.63) is 8.95 Å². The Bertz CT molecular complexity index is 859. The maximum Gasteiger partial charge on any atom is 0.141 e. The fraction of sp³-hybridized carbons (Fsp3) is 0. The quantitative estimate of drug-likeness (QED) is 0.325. The molecule has 0 aliphatic carbocycles. The number of thiophene rings is 1. The van der Waals surface area contributed by atoms with Crippen LogP contribution in [0, 0.1) is 0 Å². The Hall–Kier alpha value is 0.00961. The van der Waals surface area contributed by atoms with E-state index in [1.807, 2.05) is 11.3 Å². The molecule has 0 spiro atoms. The lowest BCUT2D eigenvalue weighted by atomic mass is 9.72. The summed E-state index contributed by atoms with van der Waals surface area (Å²) in [6.07, 6.45) is 0. The molecule has 21 heavy (non-hydrogen) atoms. The van der Waals surface area contributed by atoms with Gasteiger partial charge in [0.25, 0.3) is 0 Å². The van der Waals surface area contributed by atoms with E-state index in [0.717, 1.165) is 0 Å². The topological polar surface area (TPSA) is 0 Å². The van der Waals surface area contributed by atoms with Gasteiger partial charge in [-0.05, 0) is 10.8 Å². The van der Waals surface area contributed by atoms with Crippen molar-refractivity contribution in [1.82, 2.24) is 0 Å². The molecule has 0 aliphatic rings. The van der Waals surface area contributed by atoms with Crippen LogP contribution in [0.4, 0.5) is 0 Å². The van der Waals surface area contributed by atoms with Gasteiger partial charge in [-0.3, -0.25) is 0 Å². The van der Waals surface area contributed by atoms with Crippen molar-refractivity contribution in [3.8, 4) is 0 Å². The first-order valence-corrected chi connectivity index (χ1v) is 9.44. The predicted octanol–water partition coefficient (Wildman–Crippen LogP) is -4.87. The lowest BCUT2D eigenvalue weighted by molar-refractivity contribution is 1.96. The SMILES string of the molecule is Bc1c(Br)c(B)c2c(sc3c(B)c(B)c(Br)c(B)c32)c1B. The third-order valence-electron chi connectivity index (χ3n) is 4.78. The Morgan fingerprint density at radius 1 is 0.524 bits per heavy atom. The zero-order chi connectivity index (χ0) is 15.6. The number of hydrogen-bond donors (Lipinski definition) is 0. The molecular formula is C12H12B6Br2S. The van der Waals surface area contributed by atoms with Gasteiger partial charge in [-0.15, -0.1) is 11.3 Å². The molecule has 0 bridgehead atoms. The summed E-state index contributed by atoms with van der Waals surface area (Å²) in [5.74, 6) is 0. The molecule has 2 aromatic carbocycles. The molecule has 0 aliphatic heterocycles. The van der Waals surface area contributed by atoms with Gasteiger partial charge in [0.2, 0.25) is 0 Å². The molecule has 0 unspecified atom stereocenters. The molecule has 9 heteroatoms.